The molecule has 0 saturated heterocycles. The highest BCUT2D eigenvalue weighted by Crippen LogP contribution is 2.21. The van der Waals surface area contributed by atoms with E-state index in [-0.39, 0.29) is 11.8 Å². The zero-order valence-corrected chi connectivity index (χ0v) is 22.9. The summed E-state index contributed by atoms with van der Waals surface area (Å²) in [6, 6.07) is 25.3. The Morgan fingerprint density at radius 1 is 0.946 bits per heavy atom. The second-order valence-electron chi connectivity index (χ2n) is 9.20. The first-order chi connectivity index (χ1) is 18.0. The van der Waals surface area contributed by atoms with Crippen molar-refractivity contribution in [2.45, 2.75) is 51.4 Å². The van der Waals surface area contributed by atoms with Gasteiger partial charge in [-0.05, 0) is 42.2 Å². The predicted octanol–water partition coefficient (Wildman–Crippen LogP) is 5.79. The van der Waals surface area contributed by atoms with E-state index in [9.17, 15) is 9.59 Å². The molecule has 37 heavy (non-hydrogen) atoms. The molecular weight excluding hydrogens is 480 g/mol. The minimum Gasteiger partial charge on any atom is -0.497 e. The minimum atomic E-state index is -0.613. The largest absolute Gasteiger partial charge is 0.497 e. The summed E-state index contributed by atoms with van der Waals surface area (Å²) >= 11 is 1.58. The van der Waals surface area contributed by atoms with Crippen LogP contribution in [0, 0.1) is 6.92 Å². The van der Waals surface area contributed by atoms with Crippen LogP contribution in [0.1, 0.15) is 42.0 Å². The fourth-order valence-corrected chi connectivity index (χ4v) is 4.92. The number of methoxy groups -OCH3 is 1. The Morgan fingerprint density at radius 3 is 2.38 bits per heavy atom. The zero-order valence-electron chi connectivity index (χ0n) is 22.1. The van der Waals surface area contributed by atoms with Crippen molar-refractivity contribution in [3.63, 3.8) is 0 Å². The number of hydrogen-bond acceptors (Lipinski definition) is 4. The summed E-state index contributed by atoms with van der Waals surface area (Å²) in [7, 11) is 1.63. The Morgan fingerprint density at radius 2 is 1.68 bits per heavy atom. The van der Waals surface area contributed by atoms with Gasteiger partial charge in [0.25, 0.3) is 0 Å². The number of carbonyl (C=O) groups is 2. The molecular formula is C31H38N2O3S. The van der Waals surface area contributed by atoms with E-state index < -0.39 is 6.04 Å². The normalized spacial score (nSPS) is 11.5. The molecule has 3 aromatic carbocycles. The monoisotopic (exact) mass is 518 g/mol. The van der Waals surface area contributed by atoms with E-state index in [1.807, 2.05) is 54.6 Å². The van der Waals surface area contributed by atoms with Crippen LogP contribution >= 0.6 is 11.8 Å². The summed E-state index contributed by atoms with van der Waals surface area (Å²) in [6.07, 6.45) is 2.35. The maximum Gasteiger partial charge on any atom is 0.243 e. The van der Waals surface area contributed by atoms with Crippen molar-refractivity contribution in [2.75, 3.05) is 19.4 Å². The molecule has 1 N–H and O–H groups in total. The highest BCUT2D eigenvalue weighted by atomic mass is 32.2. The number of rotatable bonds is 14. The lowest BCUT2D eigenvalue weighted by molar-refractivity contribution is -0.139. The molecule has 3 rings (SSSR count). The van der Waals surface area contributed by atoms with E-state index in [2.05, 4.69) is 43.4 Å². The number of unbranched alkanes of at least 4 members (excludes halogenated alkanes) is 1. The Hall–Kier alpha value is -3.25. The van der Waals surface area contributed by atoms with Gasteiger partial charge in [-0.15, -0.1) is 11.8 Å². The van der Waals surface area contributed by atoms with Crippen molar-refractivity contribution in [3.05, 3.63) is 101 Å². The molecule has 0 fully saturated rings. The van der Waals surface area contributed by atoms with Crippen molar-refractivity contribution >= 4 is 23.6 Å². The summed E-state index contributed by atoms with van der Waals surface area (Å²) in [5.74, 6) is 1.60. The first kappa shape index (κ1) is 28.3. The fraction of sp³-hybridized carbons (Fsp3) is 0.355. The van der Waals surface area contributed by atoms with Gasteiger partial charge in [-0.2, -0.15) is 0 Å². The number of thioether (sulfide) groups is 1. The molecule has 6 heteroatoms. The molecule has 0 spiro atoms. The van der Waals surface area contributed by atoms with E-state index in [1.54, 1.807) is 23.8 Å². The van der Waals surface area contributed by atoms with Gasteiger partial charge in [0.2, 0.25) is 11.8 Å². The average Bonchev–Trinajstić information content (AvgIpc) is 2.92. The molecule has 3 aromatic rings. The van der Waals surface area contributed by atoms with Crippen LogP contribution in [0.5, 0.6) is 5.75 Å². The van der Waals surface area contributed by atoms with Crippen molar-refractivity contribution in [1.29, 1.82) is 0 Å². The number of nitrogens with one attached hydrogen (secondary N) is 1. The highest BCUT2D eigenvalue weighted by Gasteiger charge is 2.30. The van der Waals surface area contributed by atoms with Crippen LogP contribution in [-0.2, 0) is 28.3 Å². The first-order valence-electron chi connectivity index (χ1n) is 12.9. The Kier molecular flexibility index (Phi) is 11.6. The molecule has 0 unspecified atom stereocenters. The molecule has 196 valence electrons. The van der Waals surface area contributed by atoms with Crippen LogP contribution < -0.4 is 10.1 Å². The minimum absolute atomic E-state index is 0.0495. The predicted molar refractivity (Wildman–Crippen MR) is 153 cm³/mol. The highest BCUT2D eigenvalue weighted by molar-refractivity contribution is 7.99. The number of nitrogens with zero attached hydrogens (tertiary/aromatic N) is 1. The van der Waals surface area contributed by atoms with Gasteiger partial charge in [0.05, 0.1) is 12.9 Å². The molecule has 0 heterocycles. The van der Waals surface area contributed by atoms with Crippen molar-refractivity contribution in [1.82, 2.24) is 10.2 Å². The van der Waals surface area contributed by atoms with E-state index in [4.69, 9.17) is 4.74 Å². The summed E-state index contributed by atoms with van der Waals surface area (Å²) in [4.78, 5) is 28.9. The van der Waals surface area contributed by atoms with E-state index >= 15 is 0 Å². The third-order valence-electron chi connectivity index (χ3n) is 6.20. The van der Waals surface area contributed by atoms with Crippen LogP contribution in [0.15, 0.2) is 78.9 Å². The molecule has 2 amide bonds. The maximum absolute atomic E-state index is 13.7. The van der Waals surface area contributed by atoms with Gasteiger partial charge < -0.3 is 15.0 Å². The Balaban J connectivity index is 1.84. The van der Waals surface area contributed by atoms with Crippen LogP contribution in [0.3, 0.4) is 0 Å². The van der Waals surface area contributed by atoms with Gasteiger partial charge in [-0.1, -0.05) is 85.6 Å². The third kappa shape index (κ3) is 9.29. The summed E-state index contributed by atoms with van der Waals surface area (Å²) in [5.41, 5.74) is 4.34. The maximum atomic E-state index is 13.7. The quantitative estimate of drug-likeness (QED) is 0.274. The molecule has 0 radical (unpaired) electrons. The summed E-state index contributed by atoms with van der Waals surface area (Å²) in [6.45, 7) is 5.09. The van der Waals surface area contributed by atoms with Crippen molar-refractivity contribution in [2.24, 2.45) is 0 Å². The van der Waals surface area contributed by atoms with Gasteiger partial charge in [0.15, 0.2) is 0 Å². The molecule has 0 saturated carbocycles. The number of hydrogen-bond donors (Lipinski definition) is 1. The standard InChI is InChI=1S/C31H38N2O3S/c1-4-5-18-32-31(35)29(20-25-10-7-6-8-11-25)33(21-27-12-9-13-28(19-27)36-3)30(34)23-37-22-26-16-14-24(2)15-17-26/h6-17,19,29H,4-5,18,20-23H2,1-3H3,(H,32,35)/t29-/m0/s1. The van der Waals surface area contributed by atoms with Gasteiger partial charge in [0, 0.05) is 25.3 Å². The topological polar surface area (TPSA) is 58.6 Å². The van der Waals surface area contributed by atoms with Gasteiger partial charge in [-0.3, -0.25) is 9.59 Å². The summed E-state index contributed by atoms with van der Waals surface area (Å²) < 4.78 is 5.40. The number of aryl methyl sites for hydroxylation is 1. The fourth-order valence-electron chi connectivity index (χ4n) is 4.05. The van der Waals surface area contributed by atoms with Crippen LogP contribution in [0.4, 0.5) is 0 Å². The van der Waals surface area contributed by atoms with Crippen molar-refractivity contribution in [3.8, 4) is 5.75 Å². The van der Waals surface area contributed by atoms with Crippen LogP contribution in [0.2, 0.25) is 0 Å². The molecule has 0 aliphatic rings. The van der Waals surface area contributed by atoms with Gasteiger partial charge >= 0.3 is 0 Å². The average molecular weight is 519 g/mol. The third-order valence-corrected chi connectivity index (χ3v) is 7.19. The van der Waals surface area contributed by atoms with E-state index in [1.165, 1.54) is 11.1 Å². The number of carbonyl (C=O) groups excluding carboxylic acids is 2. The Labute approximate surface area is 225 Å². The van der Waals surface area contributed by atoms with Gasteiger partial charge in [-0.25, -0.2) is 0 Å². The number of ether oxygens (including phenoxy) is 1. The lowest BCUT2D eigenvalue weighted by Gasteiger charge is -2.31. The first-order valence-corrected chi connectivity index (χ1v) is 14.0. The second kappa shape index (κ2) is 15.1. The lowest BCUT2D eigenvalue weighted by Crippen LogP contribution is -2.51. The SMILES string of the molecule is CCCCNC(=O)[C@H](Cc1ccccc1)N(Cc1cccc(OC)c1)C(=O)CSCc1ccc(C)cc1. The molecule has 0 aliphatic heterocycles. The smallest absolute Gasteiger partial charge is 0.243 e. The van der Waals surface area contributed by atoms with E-state index in [0.717, 1.165) is 35.5 Å². The number of benzene rings is 3. The van der Waals surface area contributed by atoms with Crippen molar-refractivity contribution < 1.29 is 14.3 Å². The second-order valence-corrected chi connectivity index (χ2v) is 10.2. The van der Waals surface area contributed by atoms with Gasteiger partial charge in [0.1, 0.15) is 11.8 Å². The lowest BCUT2D eigenvalue weighted by atomic mass is 10.0. The molecule has 5 nitrogen and oxygen atoms in total. The zero-order chi connectivity index (χ0) is 26.5. The molecule has 0 aliphatic carbocycles. The van der Waals surface area contributed by atoms with E-state index in [0.29, 0.717) is 25.3 Å². The van der Waals surface area contributed by atoms with Crippen LogP contribution in [-0.4, -0.2) is 42.2 Å². The van der Waals surface area contributed by atoms with Crippen LogP contribution in [0.25, 0.3) is 0 Å². The summed E-state index contributed by atoms with van der Waals surface area (Å²) in [5, 5.41) is 3.07. The number of amides is 2. The molecule has 0 bridgehead atoms. The molecule has 1 atom stereocenters. The Bertz CT molecular complexity index is 1120. The molecule has 0 aromatic heterocycles.